The summed E-state index contributed by atoms with van der Waals surface area (Å²) in [7, 11) is 0. The van der Waals surface area contributed by atoms with Crippen LogP contribution in [0.1, 0.15) is 38.7 Å². The van der Waals surface area contributed by atoms with E-state index in [4.69, 9.17) is 0 Å². The van der Waals surface area contributed by atoms with Crippen molar-refractivity contribution < 1.29 is 5.11 Å². The molecule has 106 valence electrons. The maximum atomic E-state index is 9.71. The van der Waals surface area contributed by atoms with E-state index in [9.17, 15) is 5.11 Å². The van der Waals surface area contributed by atoms with Gasteiger partial charge in [0.1, 0.15) is 5.75 Å². The van der Waals surface area contributed by atoms with E-state index in [0.29, 0.717) is 12.1 Å². The third-order valence-corrected chi connectivity index (χ3v) is 4.94. The van der Waals surface area contributed by atoms with Gasteiger partial charge in [-0.15, -0.1) is 0 Å². The smallest absolute Gasteiger partial charge is 0.143 e. The molecular formula is C14H20Br2N2O. The normalized spacial score (nSPS) is 24.6. The van der Waals surface area contributed by atoms with Gasteiger partial charge in [0.2, 0.25) is 0 Å². The van der Waals surface area contributed by atoms with Crippen molar-refractivity contribution >= 4 is 31.9 Å². The third-order valence-electron chi connectivity index (χ3n) is 3.74. The largest absolute Gasteiger partial charge is 0.506 e. The van der Waals surface area contributed by atoms with Gasteiger partial charge in [0.05, 0.1) is 8.95 Å². The molecule has 1 heterocycles. The molecule has 19 heavy (non-hydrogen) atoms. The number of phenolic OH excluding ortho intramolecular Hbond substituents is 1. The van der Waals surface area contributed by atoms with Gasteiger partial charge in [-0.2, -0.15) is 0 Å². The zero-order valence-electron chi connectivity index (χ0n) is 11.3. The topological polar surface area (TPSA) is 35.5 Å². The van der Waals surface area contributed by atoms with E-state index in [1.807, 2.05) is 12.1 Å². The Kier molecular flexibility index (Phi) is 5.29. The fraction of sp³-hybridized carbons (Fsp3) is 0.571. The number of benzene rings is 1. The standard InChI is InChI=1S/C14H20Br2N2O/c1-9-4-3-5-10(2)18(9)17-8-11-6-12(15)14(19)13(16)7-11/h6-7,9-10,17,19H,3-5,8H2,1-2H3. The first kappa shape index (κ1) is 15.3. The molecule has 3 nitrogen and oxygen atoms in total. The molecule has 1 fully saturated rings. The molecular weight excluding hydrogens is 372 g/mol. The van der Waals surface area contributed by atoms with Gasteiger partial charge in [-0.1, -0.05) is 6.42 Å². The Morgan fingerprint density at radius 1 is 1.21 bits per heavy atom. The first-order chi connectivity index (χ1) is 8.99. The lowest BCUT2D eigenvalue weighted by atomic mass is 10.00. The zero-order valence-corrected chi connectivity index (χ0v) is 14.5. The highest BCUT2D eigenvalue weighted by Crippen LogP contribution is 2.33. The summed E-state index contributed by atoms with van der Waals surface area (Å²) < 4.78 is 1.44. The Morgan fingerprint density at radius 3 is 2.26 bits per heavy atom. The zero-order chi connectivity index (χ0) is 14.0. The van der Waals surface area contributed by atoms with E-state index in [1.54, 1.807) is 0 Å². The molecule has 0 bridgehead atoms. The van der Waals surface area contributed by atoms with E-state index in [-0.39, 0.29) is 5.75 Å². The van der Waals surface area contributed by atoms with E-state index in [1.165, 1.54) is 19.3 Å². The molecule has 0 saturated carbocycles. The first-order valence-corrected chi connectivity index (χ1v) is 8.26. The van der Waals surface area contributed by atoms with Crippen LogP contribution in [0.2, 0.25) is 0 Å². The van der Waals surface area contributed by atoms with E-state index < -0.39 is 0 Å². The van der Waals surface area contributed by atoms with Gasteiger partial charge in [0.25, 0.3) is 0 Å². The van der Waals surface area contributed by atoms with Crippen LogP contribution in [0.4, 0.5) is 0 Å². The number of hydrazine groups is 1. The summed E-state index contributed by atoms with van der Waals surface area (Å²) in [6, 6.07) is 5.05. The van der Waals surface area contributed by atoms with Crippen LogP contribution in [0.25, 0.3) is 0 Å². The van der Waals surface area contributed by atoms with Gasteiger partial charge < -0.3 is 5.11 Å². The monoisotopic (exact) mass is 390 g/mol. The SMILES string of the molecule is CC1CCCC(C)N1NCc1cc(Br)c(O)c(Br)c1. The van der Waals surface area contributed by atoms with Crippen molar-refractivity contribution in [2.24, 2.45) is 0 Å². The molecule has 1 saturated heterocycles. The Balaban J connectivity index is 2.02. The van der Waals surface area contributed by atoms with Crippen molar-refractivity contribution in [2.75, 3.05) is 0 Å². The number of hydrogen-bond donors (Lipinski definition) is 2. The van der Waals surface area contributed by atoms with E-state index >= 15 is 0 Å². The van der Waals surface area contributed by atoms with Crippen molar-refractivity contribution in [1.82, 2.24) is 10.4 Å². The van der Waals surface area contributed by atoms with Crippen LogP contribution in [0.3, 0.4) is 0 Å². The van der Waals surface area contributed by atoms with Crippen LogP contribution >= 0.6 is 31.9 Å². The van der Waals surface area contributed by atoms with Gasteiger partial charge >= 0.3 is 0 Å². The maximum absolute atomic E-state index is 9.71. The quantitative estimate of drug-likeness (QED) is 0.810. The van der Waals surface area contributed by atoms with Crippen molar-refractivity contribution in [3.8, 4) is 5.75 Å². The highest BCUT2D eigenvalue weighted by Gasteiger charge is 2.24. The number of aromatic hydroxyl groups is 1. The summed E-state index contributed by atoms with van der Waals surface area (Å²) in [6.07, 6.45) is 3.82. The number of phenols is 1. The predicted molar refractivity (Wildman–Crippen MR) is 85.0 cm³/mol. The van der Waals surface area contributed by atoms with Crippen molar-refractivity contribution in [3.05, 3.63) is 26.6 Å². The van der Waals surface area contributed by atoms with Gasteiger partial charge in [0, 0.05) is 18.6 Å². The Morgan fingerprint density at radius 2 is 1.74 bits per heavy atom. The molecule has 1 aliphatic rings. The molecule has 2 unspecified atom stereocenters. The molecule has 0 aliphatic carbocycles. The number of halogens is 2. The van der Waals surface area contributed by atoms with E-state index in [0.717, 1.165) is 21.1 Å². The Hall–Kier alpha value is -0.100. The lowest BCUT2D eigenvalue weighted by Crippen LogP contribution is -2.51. The fourth-order valence-corrected chi connectivity index (χ4v) is 3.92. The highest BCUT2D eigenvalue weighted by molar-refractivity contribution is 9.11. The molecule has 2 N–H and O–H groups in total. The summed E-state index contributed by atoms with van der Waals surface area (Å²) >= 11 is 6.73. The van der Waals surface area contributed by atoms with Crippen LogP contribution in [0.5, 0.6) is 5.75 Å². The third kappa shape index (κ3) is 3.72. The molecule has 1 aliphatic heterocycles. The Labute approximate surface area is 131 Å². The van der Waals surface area contributed by atoms with Crippen molar-refractivity contribution in [2.45, 2.75) is 51.7 Å². The minimum absolute atomic E-state index is 0.253. The van der Waals surface area contributed by atoms with Crippen molar-refractivity contribution in [3.63, 3.8) is 0 Å². The van der Waals surface area contributed by atoms with Gasteiger partial charge in [-0.05, 0) is 76.2 Å². The lowest BCUT2D eigenvalue weighted by molar-refractivity contribution is 0.0435. The molecule has 0 radical (unpaired) electrons. The second-order valence-corrected chi connectivity index (χ2v) is 6.99. The molecule has 1 aromatic carbocycles. The number of nitrogens with zero attached hydrogens (tertiary/aromatic N) is 1. The van der Waals surface area contributed by atoms with Gasteiger partial charge in [-0.3, -0.25) is 5.43 Å². The molecule has 0 aromatic heterocycles. The second-order valence-electron chi connectivity index (χ2n) is 5.28. The number of rotatable bonds is 3. The summed E-state index contributed by atoms with van der Waals surface area (Å²) in [5.74, 6) is 0.253. The number of hydrogen-bond acceptors (Lipinski definition) is 3. The average Bonchev–Trinajstić information content (AvgIpc) is 2.35. The number of piperidine rings is 1. The minimum atomic E-state index is 0.253. The highest BCUT2D eigenvalue weighted by atomic mass is 79.9. The first-order valence-electron chi connectivity index (χ1n) is 6.67. The van der Waals surface area contributed by atoms with E-state index in [2.05, 4.69) is 56.1 Å². The predicted octanol–water partition coefficient (Wildman–Crippen LogP) is 4.18. The van der Waals surface area contributed by atoms with Crippen LogP contribution in [0, 0.1) is 0 Å². The van der Waals surface area contributed by atoms with Crippen LogP contribution in [0.15, 0.2) is 21.1 Å². The van der Waals surface area contributed by atoms with Crippen LogP contribution in [-0.2, 0) is 6.54 Å². The van der Waals surface area contributed by atoms with Gasteiger partial charge in [0.15, 0.2) is 0 Å². The average molecular weight is 392 g/mol. The van der Waals surface area contributed by atoms with Crippen LogP contribution in [-0.4, -0.2) is 22.2 Å². The second kappa shape index (κ2) is 6.57. The molecule has 0 spiro atoms. The molecule has 5 heteroatoms. The summed E-state index contributed by atoms with van der Waals surface area (Å²) in [5, 5.41) is 12.1. The van der Waals surface area contributed by atoms with Crippen LogP contribution < -0.4 is 5.43 Å². The fourth-order valence-electron chi connectivity index (χ4n) is 2.64. The summed E-state index contributed by atoms with van der Waals surface area (Å²) in [5.41, 5.74) is 4.66. The molecule has 2 atom stereocenters. The molecule has 1 aromatic rings. The molecule has 2 rings (SSSR count). The summed E-state index contributed by atoms with van der Waals surface area (Å²) in [4.78, 5) is 0. The summed E-state index contributed by atoms with van der Waals surface area (Å²) in [6.45, 7) is 5.31. The Bertz CT molecular complexity index is 420. The number of nitrogens with one attached hydrogen (secondary N) is 1. The van der Waals surface area contributed by atoms with Gasteiger partial charge in [-0.25, -0.2) is 5.01 Å². The lowest BCUT2D eigenvalue weighted by Gasteiger charge is -2.39. The van der Waals surface area contributed by atoms with Crippen molar-refractivity contribution in [1.29, 1.82) is 0 Å². The minimum Gasteiger partial charge on any atom is -0.506 e. The maximum Gasteiger partial charge on any atom is 0.143 e. The molecule has 0 amide bonds.